The van der Waals surface area contributed by atoms with Crippen molar-refractivity contribution < 1.29 is 23.1 Å². The largest absolute Gasteiger partial charge is 0.480 e. The van der Waals surface area contributed by atoms with E-state index >= 15 is 0 Å². The van der Waals surface area contributed by atoms with Gasteiger partial charge < -0.3 is 10.0 Å². The maximum atomic E-state index is 12.4. The molecule has 8 heteroatoms. The van der Waals surface area contributed by atoms with Crippen LogP contribution in [0, 0.1) is 5.92 Å². The number of carboxylic acid groups (broad SMARTS) is 1. The summed E-state index contributed by atoms with van der Waals surface area (Å²) in [6.45, 7) is 3.61. The zero-order valence-corrected chi connectivity index (χ0v) is 14.4. The van der Waals surface area contributed by atoms with Crippen LogP contribution < -0.4 is 4.72 Å². The van der Waals surface area contributed by atoms with Gasteiger partial charge in [0.1, 0.15) is 6.04 Å². The van der Waals surface area contributed by atoms with Crippen LogP contribution in [-0.2, 0) is 14.8 Å². The predicted octanol–water partition coefficient (Wildman–Crippen LogP) is 1.17. The van der Waals surface area contributed by atoms with Crippen LogP contribution in [0.15, 0.2) is 29.2 Å². The van der Waals surface area contributed by atoms with Crippen LogP contribution in [0.2, 0.25) is 0 Å². The fourth-order valence-corrected chi connectivity index (χ4v) is 3.23. The molecule has 1 rings (SSSR count). The van der Waals surface area contributed by atoms with Gasteiger partial charge in [-0.15, -0.1) is 0 Å². The maximum Gasteiger partial charge on any atom is 0.321 e. The highest BCUT2D eigenvalue weighted by molar-refractivity contribution is 7.89. The standard InChI is InChI=1S/C15H22N2O5S/c1-10(2)8-13(15(19)20)16-23(21,22)12-7-5-6-11(9-12)14(18)17(3)4/h5-7,9-10,13,16H,8H2,1-4H3,(H,19,20)/t13-/m0/s1. The Bertz CT molecular complexity index is 683. The Morgan fingerprint density at radius 3 is 2.35 bits per heavy atom. The lowest BCUT2D eigenvalue weighted by atomic mass is 10.1. The molecule has 0 saturated carbocycles. The fraction of sp³-hybridized carbons (Fsp3) is 0.467. The van der Waals surface area contributed by atoms with Gasteiger partial charge in [0.15, 0.2) is 0 Å². The van der Waals surface area contributed by atoms with E-state index in [1.165, 1.54) is 29.2 Å². The van der Waals surface area contributed by atoms with E-state index in [2.05, 4.69) is 4.72 Å². The minimum Gasteiger partial charge on any atom is -0.480 e. The second-order valence-electron chi connectivity index (χ2n) is 5.87. The lowest BCUT2D eigenvalue weighted by Gasteiger charge is -2.17. The van der Waals surface area contributed by atoms with Crippen molar-refractivity contribution >= 4 is 21.9 Å². The third-order valence-electron chi connectivity index (χ3n) is 3.10. The normalized spacial score (nSPS) is 12.9. The van der Waals surface area contributed by atoms with Crippen molar-refractivity contribution in [3.8, 4) is 0 Å². The van der Waals surface area contributed by atoms with E-state index in [4.69, 9.17) is 5.11 Å². The van der Waals surface area contributed by atoms with E-state index in [0.29, 0.717) is 0 Å². The van der Waals surface area contributed by atoms with Gasteiger partial charge in [-0.25, -0.2) is 8.42 Å². The number of rotatable bonds is 7. The van der Waals surface area contributed by atoms with Crippen LogP contribution in [0.25, 0.3) is 0 Å². The van der Waals surface area contributed by atoms with Crippen molar-refractivity contribution in [3.05, 3.63) is 29.8 Å². The van der Waals surface area contributed by atoms with Gasteiger partial charge in [-0.2, -0.15) is 4.72 Å². The SMILES string of the molecule is CC(C)C[C@H](NS(=O)(=O)c1cccc(C(=O)N(C)C)c1)C(=O)O. The summed E-state index contributed by atoms with van der Waals surface area (Å²) in [5.41, 5.74) is 0.216. The molecule has 1 aromatic rings. The molecule has 128 valence electrons. The van der Waals surface area contributed by atoms with E-state index in [0.717, 1.165) is 0 Å². The van der Waals surface area contributed by atoms with E-state index < -0.39 is 22.0 Å². The van der Waals surface area contributed by atoms with Crippen LogP contribution in [0.5, 0.6) is 0 Å². The molecule has 23 heavy (non-hydrogen) atoms. The first-order valence-corrected chi connectivity index (χ1v) is 8.59. The first-order chi connectivity index (χ1) is 10.5. The first-order valence-electron chi connectivity index (χ1n) is 7.11. The van der Waals surface area contributed by atoms with Crippen molar-refractivity contribution in [2.75, 3.05) is 14.1 Å². The first kappa shape index (κ1) is 19.1. The van der Waals surface area contributed by atoms with Crippen molar-refractivity contribution in [2.45, 2.75) is 31.2 Å². The Kier molecular flexibility index (Phi) is 6.28. The van der Waals surface area contributed by atoms with Crippen molar-refractivity contribution in [3.63, 3.8) is 0 Å². The van der Waals surface area contributed by atoms with Gasteiger partial charge in [0.25, 0.3) is 5.91 Å². The number of aliphatic carboxylic acids is 1. The molecule has 0 aliphatic heterocycles. The number of hydrogen-bond donors (Lipinski definition) is 2. The van der Waals surface area contributed by atoms with Gasteiger partial charge in [-0.1, -0.05) is 19.9 Å². The second kappa shape index (κ2) is 7.56. The van der Waals surface area contributed by atoms with Crippen molar-refractivity contribution in [1.82, 2.24) is 9.62 Å². The third-order valence-corrected chi connectivity index (χ3v) is 4.57. The Morgan fingerprint density at radius 2 is 1.87 bits per heavy atom. The highest BCUT2D eigenvalue weighted by Crippen LogP contribution is 2.15. The number of carboxylic acids is 1. The van der Waals surface area contributed by atoms with Gasteiger partial charge in [0, 0.05) is 19.7 Å². The van der Waals surface area contributed by atoms with Crippen LogP contribution in [0.1, 0.15) is 30.6 Å². The summed E-state index contributed by atoms with van der Waals surface area (Å²) in [7, 11) is -0.913. The average molecular weight is 342 g/mol. The predicted molar refractivity (Wildman–Crippen MR) is 85.7 cm³/mol. The van der Waals surface area contributed by atoms with Crippen LogP contribution in [0.4, 0.5) is 0 Å². The summed E-state index contributed by atoms with van der Waals surface area (Å²) in [6, 6.07) is 4.29. The Labute approximate surface area is 136 Å². The molecule has 7 nitrogen and oxygen atoms in total. The number of benzene rings is 1. The summed E-state index contributed by atoms with van der Waals surface area (Å²) in [4.78, 5) is 24.3. The molecule has 1 atom stereocenters. The summed E-state index contributed by atoms with van der Waals surface area (Å²) < 4.78 is 26.9. The highest BCUT2D eigenvalue weighted by Gasteiger charge is 2.26. The number of carbonyl (C=O) groups excluding carboxylic acids is 1. The molecule has 0 unspecified atom stereocenters. The van der Waals surface area contributed by atoms with E-state index in [1.54, 1.807) is 27.9 Å². The summed E-state index contributed by atoms with van der Waals surface area (Å²) in [5.74, 6) is -1.55. The minimum atomic E-state index is -4.03. The van der Waals surface area contributed by atoms with Crippen molar-refractivity contribution in [1.29, 1.82) is 0 Å². The molecule has 2 N–H and O–H groups in total. The molecule has 0 saturated heterocycles. The molecule has 0 heterocycles. The summed E-state index contributed by atoms with van der Waals surface area (Å²) >= 11 is 0. The Hall–Kier alpha value is -1.93. The third kappa shape index (κ3) is 5.33. The molecule has 0 aliphatic carbocycles. The summed E-state index contributed by atoms with van der Waals surface area (Å²) in [5, 5.41) is 9.16. The van der Waals surface area contributed by atoms with Crippen LogP contribution >= 0.6 is 0 Å². The molecular weight excluding hydrogens is 320 g/mol. The average Bonchev–Trinajstić information content (AvgIpc) is 2.45. The molecule has 0 fully saturated rings. The van der Waals surface area contributed by atoms with Gasteiger partial charge >= 0.3 is 5.97 Å². The quantitative estimate of drug-likeness (QED) is 0.774. The number of hydrogen-bond acceptors (Lipinski definition) is 4. The zero-order chi connectivity index (χ0) is 17.8. The Morgan fingerprint density at radius 1 is 1.26 bits per heavy atom. The summed E-state index contributed by atoms with van der Waals surface area (Å²) in [6.07, 6.45) is 0.172. The minimum absolute atomic E-state index is 0.0143. The van der Waals surface area contributed by atoms with Crippen LogP contribution in [-0.4, -0.2) is 50.4 Å². The van der Waals surface area contributed by atoms with Crippen LogP contribution in [0.3, 0.4) is 0 Å². The van der Waals surface area contributed by atoms with Gasteiger partial charge in [0.05, 0.1) is 4.90 Å². The number of sulfonamides is 1. The zero-order valence-electron chi connectivity index (χ0n) is 13.6. The fourth-order valence-electron chi connectivity index (χ4n) is 1.98. The molecular formula is C15H22N2O5S. The topological polar surface area (TPSA) is 104 Å². The monoisotopic (exact) mass is 342 g/mol. The molecule has 0 aromatic heterocycles. The van der Waals surface area contributed by atoms with Crippen molar-refractivity contribution in [2.24, 2.45) is 5.92 Å². The number of amides is 1. The van der Waals surface area contributed by atoms with Gasteiger partial charge in [-0.3, -0.25) is 9.59 Å². The number of nitrogens with zero attached hydrogens (tertiary/aromatic N) is 1. The molecule has 1 amide bonds. The van der Waals surface area contributed by atoms with E-state index in [1.807, 2.05) is 0 Å². The van der Waals surface area contributed by atoms with Gasteiger partial charge in [0.2, 0.25) is 10.0 Å². The number of nitrogens with one attached hydrogen (secondary N) is 1. The lowest BCUT2D eigenvalue weighted by molar-refractivity contribution is -0.139. The van der Waals surface area contributed by atoms with E-state index in [-0.39, 0.29) is 28.7 Å². The maximum absolute atomic E-state index is 12.4. The molecule has 0 bridgehead atoms. The lowest BCUT2D eigenvalue weighted by Crippen LogP contribution is -2.41. The smallest absolute Gasteiger partial charge is 0.321 e. The Balaban J connectivity index is 3.10. The highest BCUT2D eigenvalue weighted by atomic mass is 32.2. The molecule has 0 aliphatic rings. The molecule has 1 aromatic carbocycles. The number of carbonyl (C=O) groups is 2. The second-order valence-corrected chi connectivity index (χ2v) is 7.58. The van der Waals surface area contributed by atoms with Gasteiger partial charge in [-0.05, 0) is 30.5 Å². The molecule has 0 spiro atoms. The van der Waals surface area contributed by atoms with E-state index in [9.17, 15) is 18.0 Å². The molecule has 0 radical (unpaired) electrons.